The summed E-state index contributed by atoms with van der Waals surface area (Å²) < 4.78 is 83.5. The summed E-state index contributed by atoms with van der Waals surface area (Å²) in [6, 6.07) is 3.17. The van der Waals surface area contributed by atoms with E-state index in [9.17, 15) is 31.1 Å². The molecule has 0 unspecified atom stereocenters. The molecule has 0 aliphatic carbocycles. The van der Waals surface area contributed by atoms with Gasteiger partial charge in [-0.05, 0) is 19.1 Å². The molecule has 21 heavy (non-hydrogen) atoms. The van der Waals surface area contributed by atoms with Gasteiger partial charge < -0.3 is 9.47 Å². The highest BCUT2D eigenvalue weighted by Gasteiger charge is 2.59. The van der Waals surface area contributed by atoms with Gasteiger partial charge in [0.1, 0.15) is 17.1 Å². The number of ketones is 1. The van der Waals surface area contributed by atoms with Crippen LogP contribution >= 0.6 is 0 Å². The zero-order valence-electron chi connectivity index (χ0n) is 10.8. The van der Waals surface area contributed by atoms with Crippen LogP contribution in [0.4, 0.5) is 26.3 Å². The summed E-state index contributed by atoms with van der Waals surface area (Å²) in [6.07, 6.45) is -15.4. The summed E-state index contributed by atoms with van der Waals surface area (Å²) in [5.41, 5.74) is -0.488. The number of carbonyl (C=O) groups excluding carboxylic acids is 1. The minimum absolute atomic E-state index is 0.178. The topological polar surface area (TPSA) is 35.5 Å². The van der Waals surface area contributed by atoms with Crippen LogP contribution in [0.5, 0.6) is 11.5 Å². The van der Waals surface area contributed by atoms with E-state index in [2.05, 4.69) is 4.74 Å². The molecule has 0 fully saturated rings. The fourth-order valence-electron chi connectivity index (χ4n) is 1.57. The Balaban J connectivity index is 3.31. The maximum atomic E-state index is 12.5. The molecule has 0 aromatic heterocycles. The highest BCUT2D eigenvalue weighted by Crippen LogP contribution is 2.38. The van der Waals surface area contributed by atoms with E-state index >= 15 is 0 Å². The minimum atomic E-state index is -5.67. The van der Waals surface area contributed by atoms with Gasteiger partial charge in [-0.15, -0.1) is 0 Å². The van der Waals surface area contributed by atoms with Crippen molar-refractivity contribution >= 4 is 5.78 Å². The quantitative estimate of drug-likeness (QED) is 0.626. The summed E-state index contributed by atoms with van der Waals surface area (Å²) >= 11 is 0. The van der Waals surface area contributed by atoms with E-state index in [-0.39, 0.29) is 5.75 Å². The van der Waals surface area contributed by atoms with Crippen LogP contribution in [0.2, 0.25) is 0 Å². The summed E-state index contributed by atoms with van der Waals surface area (Å²) in [7, 11) is 1.12. The van der Waals surface area contributed by atoms with Crippen molar-refractivity contribution in [1.82, 2.24) is 0 Å². The van der Waals surface area contributed by atoms with Crippen molar-refractivity contribution in [2.24, 2.45) is 0 Å². The van der Waals surface area contributed by atoms with Crippen LogP contribution in [0.1, 0.15) is 17.3 Å². The normalized spacial score (nSPS) is 12.4. The van der Waals surface area contributed by atoms with E-state index in [1.165, 1.54) is 6.07 Å². The second kappa shape index (κ2) is 5.82. The molecule has 0 amide bonds. The molecule has 1 aromatic rings. The number of benzene rings is 1. The summed E-state index contributed by atoms with van der Waals surface area (Å²) in [6.45, 7) is 0.973. The molecule has 0 radical (unpaired) electrons. The van der Waals surface area contributed by atoms with Crippen molar-refractivity contribution in [1.29, 1.82) is 0 Å². The maximum absolute atomic E-state index is 12.5. The number of carbonyl (C=O) groups is 1. The standard InChI is InChI=1S/C12H10F6O3/c1-6(19)9-7(20-2)4-3-5-8(9)21-10(11(13,14)15)12(16,17)18/h3-5,10H,1-2H3. The number of methoxy groups -OCH3 is 1. The van der Waals surface area contributed by atoms with Gasteiger partial charge in [-0.3, -0.25) is 4.79 Å². The molecule has 0 bridgehead atoms. The lowest BCUT2D eigenvalue weighted by Gasteiger charge is -2.25. The predicted molar refractivity (Wildman–Crippen MR) is 59.5 cm³/mol. The molecular weight excluding hydrogens is 306 g/mol. The Morgan fingerprint density at radius 3 is 1.90 bits per heavy atom. The molecular formula is C12H10F6O3. The van der Waals surface area contributed by atoms with Gasteiger partial charge in [-0.25, -0.2) is 0 Å². The third kappa shape index (κ3) is 4.02. The van der Waals surface area contributed by atoms with Crippen LogP contribution in [0.25, 0.3) is 0 Å². The number of ether oxygens (including phenoxy) is 2. The molecule has 0 saturated heterocycles. The fourth-order valence-corrected chi connectivity index (χ4v) is 1.57. The molecule has 9 heteroatoms. The fraction of sp³-hybridized carbons (Fsp3) is 0.417. The van der Waals surface area contributed by atoms with Gasteiger partial charge in [0.25, 0.3) is 6.10 Å². The minimum Gasteiger partial charge on any atom is -0.496 e. The smallest absolute Gasteiger partial charge is 0.434 e. The first kappa shape index (κ1) is 17.1. The highest BCUT2D eigenvalue weighted by atomic mass is 19.4. The Bertz CT molecular complexity index is 507. The Morgan fingerprint density at radius 1 is 1.05 bits per heavy atom. The molecule has 0 N–H and O–H groups in total. The lowest BCUT2D eigenvalue weighted by molar-refractivity contribution is -0.299. The van der Waals surface area contributed by atoms with E-state index in [0.29, 0.717) is 0 Å². The Labute approximate surface area is 115 Å². The number of rotatable bonds is 4. The van der Waals surface area contributed by atoms with Crippen molar-refractivity contribution in [2.75, 3.05) is 7.11 Å². The van der Waals surface area contributed by atoms with Crippen LogP contribution in [0.3, 0.4) is 0 Å². The lowest BCUT2D eigenvalue weighted by Crippen LogP contribution is -2.46. The van der Waals surface area contributed by atoms with E-state index < -0.39 is 35.6 Å². The zero-order chi connectivity index (χ0) is 16.4. The molecule has 0 saturated carbocycles. The largest absolute Gasteiger partial charge is 0.496 e. The van der Waals surface area contributed by atoms with Gasteiger partial charge in [-0.1, -0.05) is 6.07 Å². The van der Waals surface area contributed by atoms with Crippen LogP contribution in [0, 0.1) is 0 Å². The number of hydrogen-bond donors (Lipinski definition) is 0. The number of alkyl halides is 6. The van der Waals surface area contributed by atoms with Crippen molar-refractivity contribution in [3.63, 3.8) is 0 Å². The monoisotopic (exact) mass is 316 g/mol. The first-order chi connectivity index (χ1) is 9.48. The lowest BCUT2D eigenvalue weighted by atomic mass is 10.1. The molecule has 1 rings (SSSR count). The third-order valence-electron chi connectivity index (χ3n) is 2.40. The van der Waals surface area contributed by atoms with Gasteiger partial charge >= 0.3 is 12.4 Å². The Morgan fingerprint density at radius 2 is 1.52 bits per heavy atom. The molecule has 0 spiro atoms. The SMILES string of the molecule is COc1cccc(OC(C(F)(F)F)C(F)(F)F)c1C(C)=O. The van der Waals surface area contributed by atoms with Gasteiger partial charge in [-0.2, -0.15) is 26.3 Å². The molecule has 1 aromatic carbocycles. The van der Waals surface area contributed by atoms with E-state index in [4.69, 9.17) is 4.74 Å². The zero-order valence-corrected chi connectivity index (χ0v) is 10.8. The van der Waals surface area contributed by atoms with Gasteiger partial charge in [0.15, 0.2) is 5.78 Å². The van der Waals surface area contributed by atoms with Crippen LogP contribution in [-0.2, 0) is 0 Å². The van der Waals surface area contributed by atoms with Crippen molar-refractivity contribution in [2.45, 2.75) is 25.4 Å². The number of halogens is 6. The van der Waals surface area contributed by atoms with E-state index in [1.54, 1.807) is 0 Å². The summed E-state index contributed by atoms with van der Waals surface area (Å²) in [4.78, 5) is 11.4. The average Bonchev–Trinajstić information content (AvgIpc) is 2.32. The van der Waals surface area contributed by atoms with Gasteiger partial charge in [0.2, 0.25) is 0 Å². The maximum Gasteiger partial charge on any atom is 0.434 e. The Kier molecular flexibility index (Phi) is 4.75. The third-order valence-corrected chi connectivity index (χ3v) is 2.40. The van der Waals surface area contributed by atoms with Crippen molar-refractivity contribution in [3.05, 3.63) is 23.8 Å². The molecule has 3 nitrogen and oxygen atoms in total. The second-order valence-corrected chi connectivity index (χ2v) is 3.97. The number of hydrogen-bond acceptors (Lipinski definition) is 3. The predicted octanol–water partition coefficient (Wildman–Crippen LogP) is 3.77. The van der Waals surface area contributed by atoms with Gasteiger partial charge in [0, 0.05) is 0 Å². The van der Waals surface area contributed by atoms with Crippen molar-refractivity contribution < 1.29 is 40.6 Å². The van der Waals surface area contributed by atoms with Crippen LogP contribution in [0.15, 0.2) is 18.2 Å². The van der Waals surface area contributed by atoms with Crippen LogP contribution < -0.4 is 9.47 Å². The summed E-state index contributed by atoms with van der Waals surface area (Å²) in [5, 5.41) is 0. The first-order valence-electron chi connectivity index (χ1n) is 5.46. The molecule has 0 aliphatic heterocycles. The first-order valence-corrected chi connectivity index (χ1v) is 5.46. The van der Waals surface area contributed by atoms with Crippen molar-refractivity contribution in [3.8, 4) is 11.5 Å². The second-order valence-electron chi connectivity index (χ2n) is 3.97. The summed E-state index contributed by atoms with van der Waals surface area (Å²) in [5.74, 6) is -1.81. The van der Waals surface area contributed by atoms with E-state index in [1.807, 2.05) is 0 Å². The molecule has 0 atom stereocenters. The highest BCUT2D eigenvalue weighted by molar-refractivity contribution is 5.99. The van der Waals surface area contributed by atoms with Crippen LogP contribution in [-0.4, -0.2) is 31.3 Å². The van der Waals surface area contributed by atoms with Gasteiger partial charge in [0.05, 0.1) is 7.11 Å². The molecule has 0 aliphatic rings. The molecule has 0 heterocycles. The van der Waals surface area contributed by atoms with E-state index in [0.717, 1.165) is 26.2 Å². The Hall–Kier alpha value is -1.93. The molecule has 118 valence electrons. The average molecular weight is 316 g/mol. The number of Topliss-reactive ketones (excluding diaryl/α,β-unsaturated/α-hetero) is 1.